The van der Waals surface area contributed by atoms with Crippen LogP contribution in [0.15, 0.2) is 12.1 Å². The second kappa shape index (κ2) is 6.23. The third-order valence-corrected chi connectivity index (χ3v) is 5.72. The van der Waals surface area contributed by atoms with Crippen LogP contribution in [0.3, 0.4) is 0 Å². The van der Waals surface area contributed by atoms with Crippen molar-refractivity contribution in [3.63, 3.8) is 0 Å². The molecule has 2 heteroatoms. The van der Waals surface area contributed by atoms with Crippen molar-refractivity contribution in [2.45, 2.75) is 84.7 Å². The third kappa shape index (κ3) is 3.17. The van der Waals surface area contributed by atoms with E-state index in [2.05, 4.69) is 52.5 Å². The van der Waals surface area contributed by atoms with E-state index in [0.717, 1.165) is 25.9 Å². The maximum Gasteiger partial charge on any atom is 0.119 e. The van der Waals surface area contributed by atoms with Gasteiger partial charge in [0, 0.05) is 18.6 Å². The van der Waals surface area contributed by atoms with Gasteiger partial charge in [-0.05, 0) is 61.3 Å². The summed E-state index contributed by atoms with van der Waals surface area (Å²) in [5.74, 6) is 0.485. The summed E-state index contributed by atoms with van der Waals surface area (Å²) >= 11 is 0. The Morgan fingerprint density at radius 2 is 1.77 bits per heavy atom. The molecule has 1 aromatic carbocycles. The lowest BCUT2D eigenvalue weighted by molar-refractivity contribution is 0.0936. The van der Waals surface area contributed by atoms with Crippen molar-refractivity contribution in [2.24, 2.45) is 0 Å². The van der Waals surface area contributed by atoms with Crippen LogP contribution in [0.5, 0.6) is 5.75 Å². The zero-order chi connectivity index (χ0) is 16.5. The fourth-order valence-corrected chi connectivity index (χ4v) is 3.77. The van der Waals surface area contributed by atoms with Crippen molar-refractivity contribution in [1.82, 2.24) is 4.90 Å². The van der Waals surface area contributed by atoms with Crippen LogP contribution in [0.25, 0.3) is 0 Å². The van der Waals surface area contributed by atoms with Gasteiger partial charge in [-0.15, -0.1) is 0 Å². The van der Waals surface area contributed by atoms with Crippen molar-refractivity contribution in [2.75, 3.05) is 6.54 Å². The molecule has 0 spiro atoms. The first-order chi connectivity index (χ1) is 10.2. The maximum absolute atomic E-state index is 10.3. The van der Waals surface area contributed by atoms with Crippen LogP contribution in [0.2, 0.25) is 0 Å². The molecular weight excluding hydrogens is 270 g/mol. The van der Waals surface area contributed by atoms with E-state index in [-0.39, 0.29) is 11.0 Å². The summed E-state index contributed by atoms with van der Waals surface area (Å²) in [4.78, 5) is 2.60. The average Bonchev–Trinajstić information content (AvgIpc) is 2.47. The highest BCUT2D eigenvalue weighted by Crippen LogP contribution is 2.39. The van der Waals surface area contributed by atoms with Crippen molar-refractivity contribution in [3.05, 3.63) is 28.8 Å². The Bertz CT molecular complexity index is 531. The van der Waals surface area contributed by atoms with Crippen molar-refractivity contribution in [3.8, 4) is 5.75 Å². The van der Waals surface area contributed by atoms with Gasteiger partial charge in [0.15, 0.2) is 0 Å². The zero-order valence-electron chi connectivity index (χ0n) is 15.3. The quantitative estimate of drug-likeness (QED) is 0.826. The smallest absolute Gasteiger partial charge is 0.119 e. The van der Waals surface area contributed by atoms with Crippen LogP contribution in [-0.2, 0) is 18.4 Å². The molecule has 0 unspecified atom stereocenters. The Labute approximate surface area is 136 Å². The molecule has 0 amide bonds. The number of hydrogen-bond donors (Lipinski definition) is 1. The minimum atomic E-state index is 0.162. The van der Waals surface area contributed by atoms with E-state index in [9.17, 15) is 5.11 Å². The van der Waals surface area contributed by atoms with Gasteiger partial charge >= 0.3 is 0 Å². The molecule has 1 heterocycles. The first-order valence-corrected chi connectivity index (χ1v) is 8.82. The van der Waals surface area contributed by atoms with Gasteiger partial charge < -0.3 is 5.11 Å². The molecule has 1 aliphatic rings. The second-order valence-corrected chi connectivity index (χ2v) is 8.06. The van der Waals surface area contributed by atoms with E-state index >= 15 is 0 Å². The van der Waals surface area contributed by atoms with Gasteiger partial charge in [0.1, 0.15) is 5.75 Å². The molecule has 0 radical (unpaired) electrons. The number of phenolic OH excluding ortho intramolecular Hbond substituents is 1. The third-order valence-electron chi connectivity index (χ3n) is 5.72. The highest BCUT2D eigenvalue weighted by Gasteiger charge is 2.33. The number of fused-ring (bicyclic) bond motifs is 1. The minimum absolute atomic E-state index is 0.162. The monoisotopic (exact) mass is 303 g/mol. The fourth-order valence-electron chi connectivity index (χ4n) is 3.77. The topological polar surface area (TPSA) is 23.5 Å². The largest absolute Gasteiger partial charge is 0.508 e. The first-order valence-electron chi connectivity index (χ1n) is 8.82. The molecule has 2 nitrogen and oxygen atoms in total. The molecule has 0 bridgehead atoms. The lowest BCUT2D eigenvalue weighted by Crippen LogP contribution is -2.47. The fraction of sp³-hybridized carbons (Fsp3) is 0.700. The number of aromatic hydroxyl groups is 1. The average molecular weight is 303 g/mol. The van der Waals surface area contributed by atoms with Crippen molar-refractivity contribution in [1.29, 1.82) is 0 Å². The van der Waals surface area contributed by atoms with E-state index in [0.29, 0.717) is 5.75 Å². The van der Waals surface area contributed by atoms with E-state index in [1.807, 2.05) is 6.07 Å². The summed E-state index contributed by atoms with van der Waals surface area (Å²) in [6, 6.07) is 4.05. The number of rotatable bonds is 5. The Kier molecular flexibility index (Phi) is 4.91. The molecule has 1 aromatic rings. The molecule has 1 N–H and O–H groups in total. The van der Waals surface area contributed by atoms with Gasteiger partial charge in [-0.2, -0.15) is 0 Å². The van der Waals surface area contributed by atoms with Gasteiger partial charge in [0.2, 0.25) is 0 Å². The molecule has 0 aliphatic carbocycles. The molecule has 0 aromatic heterocycles. The second-order valence-electron chi connectivity index (χ2n) is 8.06. The van der Waals surface area contributed by atoms with Crippen LogP contribution >= 0.6 is 0 Å². The standard InChI is InChI=1S/C20H33NO/c1-7-12-20(5,6)21-13-11-15-16(14-21)17(9-10-18(15)22)19(3,4)8-2/h9-10,22H,7-8,11-14H2,1-6H3. The van der Waals surface area contributed by atoms with Gasteiger partial charge in [0.25, 0.3) is 0 Å². The number of benzene rings is 1. The van der Waals surface area contributed by atoms with Crippen LogP contribution in [0, 0.1) is 0 Å². The number of nitrogens with zero attached hydrogens (tertiary/aromatic N) is 1. The maximum atomic E-state index is 10.3. The molecule has 22 heavy (non-hydrogen) atoms. The molecular formula is C20H33NO. The normalized spacial score (nSPS) is 16.6. The van der Waals surface area contributed by atoms with E-state index < -0.39 is 0 Å². The molecule has 0 atom stereocenters. The molecule has 1 aliphatic heterocycles. The van der Waals surface area contributed by atoms with Gasteiger partial charge in [-0.1, -0.05) is 40.2 Å². The summed E-state index contributed by atoms with van der Waals surface area (Å²) in [5.41, 5.74) is 4.37. The first kappa shape index (κ1) is 17.3. The van der Waals surface area contributed by atoms with Gasteiger partial charge in [0.05, 0.1) is 0 Å². The van der Waals surface area contributed by atoms with E-state index in [1.165, 1.54) is 29.5 Å². The highest BCUT2D eigenvalue weighted by molar-refractivity contribution is 5.48. The number of phenols is 1. The zero-order valence-corrected chi connectivity index (χ0v) is 15.3. The molecule has 2 rings (SSSR count). The highest BCUT2D eigenvalue weighted by atomic mass is 16.3. The van der Waals surface area contributed by atoms with Gasteiger partial charge in [-0.25, -0.2) is 0 Å². The van der Waals surface area contributed by atoms with Crippen LogP contribution in [0.4, 0.5) is 0 Å². The van der Waals surface area contributed by atoms with Crippen molar-refractivity contribution >= 4 is 0 Å². The Balaban J connectivity index is 2.43. The molecule has 0 saturated carbocycles. The van der Waals surface area contributed by atoms with Crippen LogP contribution in [0.1, 0.15) is 77.5 Å². The molecule has 0 fully saturated rings. The summed E-state index contributed by atoms with van der Waals surface area (Å²) in [6.07, 6.45) is 4.50. The summed E-state index contributed by atoms with van der Waals surface area (Å²) in [7, 11) is 0. The minimum Gasteiger partial charge on any atom is -0.508 e. The Morgan fingerprint density at radius 3 is 2.36 bits per heavy atom. The lowest BCUT2D eigenvalue weighted by Gasteiger charge is -2.43. The molecule has 124 valence electrons. The van der Waals surface area contributed by atoms with Crippen molar-refractivity contribution < 1.29 is 5.11 Å². The van der Waals surface area contributed by atoms with Crippen LogP contribution in [-0.4, -0.2) is 22.1 Å². The lowest BCUT2D eigenvalue weighted by atomic mass is 9.76. The SMILES string of the molecule is CCCC(C)(C)N1CCc2c(O)ccc(C(C)(C)CC)c2C1. The predicted octanol–water partition coefficient (Wildman–Crippen LogP) is 5.02. The summed E-state index contributed by atoms with van der Waals surface area (Å²) < 4.78 is 0. The number of hydrogen-bond acceptors (Lipinski definition) is 2. The summed E-state index contributed by atoms with van der Waals surface area (Å²) in [5, 5.41) is 10.3. The Morgan fingerprint density at radius 1 is 1.09 bits per heavy atom. The van der Waals surface area contributed by atoms with E-state index in [1.54, 1.807) is 0 Å². The molecule has 0 saturated heterocycles. The van der Waals surface area contributed by atoms with Crippen LogP contribution < -0.4 is 0 Å². The van der Waals surface area contributed by atoms with E-state index in [4.69, 9.17) is 0 Å². The Hall–Kier alpha value is -1.02. The van der Waals surface area contributed by atoms with Gasteiger partial charge in [-0.3, -0.25) is 4.90 Å². The summed E-state index contributed by atoms with van der Waals surface area (Å²) in [6.45, 7) is 15.9. The predicted molar refractivity (Wildman–Crippen MR) is 94.5 cm³/mol.